The van der Waals surface area contributed by atoms with Gasteiger partial charge in [0.2, 0.25) is 0 Å². The van der Waals surface area contributed by atoms with Crippen molar-refractivity contribution in [2.24, 2.45) is 0 Å². The van der Waals surface area contributed by atoms with Crippen LogP contribution in [0.15, 0.2) is 42.1 Å². The average Bonchev–Trinajstić information content (AvgIpc) is 2.29. The van der Waals surface area contributed by atoms with Crippen LogP contribution in [0.3, 0.4) is 0 Å². The summed E-state index contributed by atoms with van der Waals surface area (Å²) in [5.74, 6) is 0.574. The zero-order valence-electron chi connectivity index (χ0n) is 8.57. The molecule has 0 fully saturated rings. The second kappa shape index (κ2) is 4.45. The summed E-state index contributed by atoms with van der Waals surface area (Å²) in [5.41, 5.74) is 3.37. The predicted octanol–water partition coefficient (Wildman–Crippen LogP) is 3.88. The van der Waals surface area contributed by atoms with Crippen LogP contribution in [-0.4, -0.2) is 10.9 Å². The van der Waals surface area contributed by atoms with Crippen molar-refractivity contribution in [1.29, 1.82) is 0 Å². The maximum Gasteiger partial charge on any atom is 0.0702 e. The normalized spacial score (nSPS) is 12.0. The first-order valence-corrected chi connectivity index (χ1v) is 5.41. The van der Waals surface area contributed by atoms with Crippen molar-refractivity contribution in [2.75, 3.05) is 5.88 Å². The van der Waals surface area contributed by atoms with Crippen LogP contribution in [0.1, 0.15) is 12.5 Å². The molecular weight excluding hydrogens is 206 g/mol. The first kappa shape index (κ1) is 10.2. The van der Waals surface area contributed by atoms with Gasteiger partial charge in [0.05, 0.1) is 5.52 Å². The number of aromatic nitrogens is 1. The Morgan fingerprint density at radius 2 is 2.27 bits per heavy atom. The van der Waals surface area contributed by atoms with E-state index in [0.717, 1.165) is 10.9 Å². The molecule has 0 bridgehead atoms. The molecule has 2 aromatic rings. The zero-order chi connectivity index (χ0) is 10.7. The summed E-state index contributed by atoms with van der Waals surface area (Å²) in [5, 5.41) is 1.16. The van der Waals surface area contributed by atoms with Crippen LogP contribution < -0.4 is 0 Å². The Kier molecular flexibility index (Phi) is 3.02. The predicted molar refractivity (Wildman–Crippen MR) is 66.1 cm³/mol. The third kappa shape index (κ3) is 2.37. The van der Waals surface area contributed by atoms with E-state index >= 15 is 0 Å². The topological polar surface area (TPSA) is 12.9 Å². The molecule has 0 N–H and O–H groups in total. The lowest BCUT2D eigenvalue weighted by Gasteiger charge is -1.99. The van der Waals surface area contributed by atoms with E-state index in [-0.39, 0.29) is 0 Å². The molecule has 0 amide bonds. The molecule has 2 rings (SSSR count). The van der Waals surface area contributed by atoms with E-state index in [2.05, 4.69) is 29.3 Å². The molecule has 1 aromatic carbocycles. The van der Waals surface area contributed by atoms with Crippen molar-refractivity contribution in [2.45, 2.75) is 6.92 Å². The number of allylic oxidation sites excluding steroid dienone is 1. The van der Waals surface area contributed by atoms with Gasteiger partial charge < -0.3 is 0 Å². The van der Waals surface area contributed by atoms with Crippen molar-refractivity contribution >= 4 is 28.6 Å². The molecule has 0 saturated heterocycles. The van der Waals surface area contributed by atoms with Crippen LogP contribution in [-0.2, 0) is 0 Å². The molecule has 1 heterocycles. The van der Waals surface area contributed by atoms with Crippen LogP contribution in [0.2, 0.25) is 0 Å². The van der Waals surface area contributed by atoms with Gasteiger partial charge in [-0.25, -0.2) is 0 Å². The molecule has 0 aliphatic heterocycles. The van der Waals surface area contributed by atoms with Crippen molar-refractivity contribution in [1.82, 2.24) is 4.98 Å². The summed E-state index contributed by atoms with van der Waals surface area (Å²) in [7, 11) is 0. The highest BCUT2D eigenvalue weighted by Crippen LogP contribution is 2.15. The zero-order valence-corrected chi connectivity index (χ0v) is 9.33. The molecule has 76 valence electrons. The number of fused-ring (bicyclic) bond motifs is 1. The average molecular weight is 218 g/mol. The minimum Gasteiger partial charge on any atom is -0.256 e. The van der Waals surface area contributed by atoms with E-state index < -0.39 is 0 Å². The number of hydrogen-bond acceptors (Lipinski definition) is 1. The smallest absolute Gasteiger partial charge is 0.0702 e. The second-order valence-corrected chi connectivity index (χ2v) is 3.85. The fraction of sp³-hybridized carbons (Fsp3) is 0.154. The van der Waals surface area contributed by atoms with Gasteiger partial charge in [0.15, 0.2) is 0 Å². The highest BCUT2D eigenvalue weighted by atomic mass is 35.5. The fourth-order valence-electron chi connectivity index (χ4n) is 1.51. The number of rotatable bonds is 2. The lowest BCUT2D eigenvalue weighted by atomic mass is 10.1. The van der Waals surface area contributed by atoms with Gasteiger partial charge in [0.25, 0.3) is 0 Å². The monoisotopic (exact) mass is 217 g/mol. The highest BCUT2D eigenvalue weighted by molar-refractivity contribution is 6.19. The van der Waals surface area contributed by atoms with Gasteiger partial charge in [-0.05, 0) is 30.7 Å². The summed E-state index contributed by atoms with van der Waals surface area (Å²) in [6, 6.07) is 10.2. The third-order valence-electron chi connectivity index (χ3n) is 2.25. The molecule has 15 heavy (non-hydrogen) atoms. The molecular formula is C13H12ClN. The van der Waals surface area contributed by atoms with E-state index in [0.29, 0.717) is 5.88 Å². The summed E-state index contributed by atoms with van der Waals surface area (Å²) < 4.78 is 0. The van der Waals surface area contributed by atoms with E-state index in [4.69, 9.17) is 11.6 Å². The van der Waals surface area contributed by atoms with Crippen LogP contribution in [0.25, 0.3) is 17.0 Å². The summed E-state index contributed by atoms with van der Waals surface area (Å²) in [6.45, 7) is 2.03. The number of halogens is 1. The van der Waals surface area contributed by atoms with E-state index in [9.17, 15) is 0 Å². The Balaban J connectivity index is 2.47. The number of nitrogens with zero attached hydrogens (tertiary/aromatic N) is 1. The lowest BCUT2D eigenvalue weighted by Crippen LogP contribution is -1.81. The minimum absolute atomic E-state index is 0.574. The molecule has 1 nitrogen and oxygen atoms in total. The first-order chi connectivity index (χ1) is 7.29. The molecule has 0 spiro atoms. The molecule has 1 aromatic heterocycles. The van der Waals surface area contributed by atoms with E-state index in [1.165, 1.54) is 11.1 Å². The van der Waals surface area contributed by atoms with Gasteiger partial charge >= 0.3 is 0 Å². The maximum absolute atomic E-state index is 5.74. The Bertz CT molecular complexity index is 503. The van der Waals surface area contributed by atoms with E-state index in [1.54, 1.807) is 0 Å². The summed E-state index contributed by atoms with van der Waals surface area (Å²) in [6.07, 6.45) is 3.90. The Labute approximate surface area is 94.4 Å². The van der Waals surface area contributed by atoms with Gasteiger partial charge in [-0.3, -0.25) is 4.98 Å². The highest BCUT2D eigenvalue weighted by Gasteiger charge is 1.95. The SMILES string of the molecule is CC(=Cc1ccc2ncccc2c1)CCl. The van der Waals surface area contributed by atoms with Gasteiger partial charge in [-0.1, -0.05) is 23.8 Å². The van der Waals surface area contributed by atoms with Crippen LogP contribution >= 0.6 is 11.6 Å². The molecule has 0 aliphatic rings. The molecule has 0 aliphatic carbocycles. The molecule has 0 atom stereocenters. The second-order valence-electron chi connectivity index (χ2n) is 3.58. The largest absolute Gasteiger partial charge is 0.256 e. The van der Waals surface area contributed by atoms with Crippen molar-refractivity contribution in [3.8, 4) is 0 Å². The van der Waals surface area contributed by atoms with Crippen molar-refractivity contribution < 1.29 is 0 Å². The van der Waals surface area contributed by atoms with Gasteiger partial charge in [-0.15, -0.1) is 11.6 Å². The van der Waals surface area contributed by atoms with Crippen molar-refractivity contribution in [3.63, 3.8) is 0 Å². The number of benzene rings is 1. The van der Waals surface area contributed by atoms with E-state index in [1.807, 2.05) is 25.3 Å². The quantitative estimate of drug-likeness (QED) is 0.696. The molecule has 0 radical (unpaired) electrons. The van der Waals surface area contributed by atoms with Crippen LogP contribution in [0.5, 0.6) is 0 Å². The third-order valence-corrected chi connectivity index (χ3v) is 2.67. The Morgan fingerprint density at radius 1 is 1.40 bits per heavy atom. The minimum atomic E-state index is 0.574. The molecule has 2 heteroatoms. The van der Waals surface area contributed by atoms with Crippen molar-refractivity contribution in [3.05, 3.63) is 47.7 Å². The van der Waals surface area contributed by atoms with Crippen LogP contribution in [0, 0.1) is 0 Å². The lowest BCUT2D eigenvalue weighted by molar-refractivity contribution is 1.40. The van der Waals surface area contributed by atoms with Gasteiger partial charge in [0.1, 0.15) is 0 Å². The molecule has 0 unspecified atom stereocenters. The number of hydrogen-bond donors (Lipinski definition) is 0. The summed E-state index contributed by atoms with van der Waals surface area (Å²) >= 11 is 5.74. The Morgan fingerprint density at radius 3 is 3.07 bits per heavy atom. The molecule has 0 saturated carbocycles. The number of pyridine rings is 1. The summed E-state index contributed by atoms with van der Waals surface area (Å²) in [4.78, 5) is 4.27. The van der Waals surface area contributed by atoms with Crippen LogP contribution in [0.4, 0.5) is 0 Å². The van der Waals surface area contributed by atoms with Gasteiger partial charge in [0, 0.05) is 17.5 Å². The maximum atomic E-state index is 5.74. The standard InChI is InChI=1S/C13H12ClN/c1-10(9-14)7-11-4-5-13-12(8-11)3-2-6-15-13/h2-8H,9H2,1H3. The fourth-order valence-corrected chi connectivity index (χ4v) is 1.58. The Hall–Kier alpha value is -1.34. The van der Waals surface area contributed by atoms with Gasteiger partial charge in [-0.2, -0.15) is 0 Å². The number of alkyl halides is 1. The first-order valence-electron chi connectivity index (χ1n) is 4.87.